The summed E-state index contributed by atoms with van der Waals surface area (Å²) in [6.07, 6.45) is 1.87. The van der Waals surface area contributed by atoms with Crippen molar-refractivity contribution in [2.24, 2.45) is 0 Å². The number of rotatable bonds is 3. The molecule has 0 spiro atoms. The van der Waals surface area contributed by atoms with E-state index < -0.39 is 0 Å². The van der Waals surface area contributed by atoms with Crippen molar-refractivity contribution in [2.45, 2.75) is 19.8 Å². The van der Waals surface area contributed by atoms with Gasteiger partial charge >= 0.3 is 0 Å². The van der Waals surface area contributed by atoms with Crippen LogP contribution in [0.3, 0.4) is 0 Å². The monoisotopic (exact) mass is 555 g/mol. The van der Waals surface area contributed by atoms with Gasteiger partial charge in [0.05, 0.1) is 5.58 Å². The largest absolute Gasteiger partial charge is 0.476 e. The second-order valence-electron chi connectivity index (χ2n) is 7.43. The van der Waals surface area contributed by atoms with Crippen LogP contribution in [0.1, 0.15) is 25.3 Å². The van der Waals surface area contributed by atoms with Gasteiger partial charge in [0.2, 0.25) is 0 Å². The normalized spacial score (nSPS) is 11.1. The molecule has 5 rings (SSSR count). The molecule has 0 aliphatic heterocycles. The van der Waals surface area contributed by atoms with Crippen LogP contribution in [0.25, 0.3) is 44.3 Å². The van der Waals surface area contributed by atoms with Gasteiger partial charge in [-0.2, -0.15) is 0 Å². The average molecular weight is 555 g/mol. The molecule has 3 heteroatoms. The summed E-state index contributed by atoms with van der Waals surface area (Å²) in [6.45, 7) is 4.38. The summed E-state index contributed by atoms with van der Waals surface area (Å²) in [5.41, 5.74) is 7.26. The zero-order valence-electron chi connectivity index (χ0n) is 16.3. The zero-order valence-corrected chi connectivity index (χ0v) is 18.7. The fourth-order valence-corrected chi connectivity index (χ4v) is 3.63. The molecule has 29 heavy (non-hydrogen) atoms. The Morgan fingerprint density at radius 2 is 1.62 bits per heavy atom. The Labute approximate surface area is 183 Å². The van der Waals surface area contributed by atoms with Crippen LogP contribution < -0.4 is 0 Å². The number of furan rings is 1. The summed E-state index contributed by atoms with van der Waals surface area (Å²) in [5, 5.41) is 2.19. The number of hydrogen-bond donors (Lipinski definition) is 0. The summed E-state index contributed by atoms with van der Waals surface area (Å²) in [5.74, 6) is 0.466. The Balaban J connectivity index is 0.00000205. The van der Waals surface area contributed by atoms with Crippen molar-refractivity contribution in [3.8, 4) is 22.4 Å². The first-order chi connectivity index (χ1) is 13.7. The SMILES string of the molecule is CC(C)c1ccnc(-c2[c-]cc3c(c2)oc2cc(-c4ccccc4)ccc23)c1.[Ir]. The van der Waals surface area contributed by atoms with E-state index in [4.69, 9.17) is 4.42 Å². The quantitative estimate of drug-likeness (QED) is 0.220. The Bertz CT molecular complexity index is 1290. The van der Waals surface area contributed by atoms with Crippen molar-refractivity contribution in [1.29, 1.82) is 0 Å². The minimum absolute atomic E-state index is 0. The molecule has 0 aliphatic rings. The number of fused-ring (bicyclic) bond motifs is 3. The predicted octanol–water partition coefficient (Wildman–Crippen LogP) is 7.24. The van der Waals surface area contributed by atoms with E-state index >= 15 is 0 Å². The van der Waals surface area contributed by atoms with Crippen molar-refractivity contribution in [1.82, 2.24) is 4.98 Å². The summed E-state index contributed by atoms with van der Waals surface area (Å²) < 4.78 is 6.21. The first-order valence-electron chi connectivity index (χ1n) is 9.59. The van der Waals surface area contributed by atoms with Crippen molar-refractivity contribution in [2.75, 3.05) is 0 Å². The minimum atomic E-state index is 0. The van der Waals surface area contributed by atoms with E-state index in [-0.39, 0.29) is 20.1 Å². The number of hydrogen-bond acceptors (Lipinski definition) is 2. The van der Waals surface area contributed by atoms with Gasteiger partial charge in [0.25, 0.3) is 0 Å². The molecular weight excluding hydrogens is 535 g/mol. The fourth-order valence-electron chi connectivity index (χ4n) is 3.63. The van der Waals surface area contributed by atoms with E-state index in [0.29, 0.717) is 5.92 Å². The summed E-state index contributed by atoms with van der Waals surface area (Å²) in [6, 6.07) is 28.4. The third kappa shape index (κ3) is 3.64. The molecule has 5 aromatic rings. The van der Waals surface area contributed by atoms with Gasteiger partial charge in [-0.25, -0.2) is 0 Å². The number of benzene rings is 3. The van der Waals surface area contributed by atoms with E-state index in [0.717, 1.165) is 38.8 Å². The maximum atomic E-state index is 6.21. The first-order valence-corrected chi connectivity index (χ1v) is 9.59. The molecule has 0 amide bonds. The Hall–Kier alpha value is -2.74. The van der Waals surface area contributed by atoms with Crippen LogP contribution in [-0.2, 0) is 20.1 Å². The molecule has 0 saturated heterocycles. The molecule has 0 atom stereocenters. The summed E-state index contributed by atoms with van der Waals surface area (Å²) in [4.78, 5) is 4.53. The van der Waals surface area contributed by atoms with Gasteiger partial charge in [-0.3, -0.25) is 0 Å². The van der Waals surface area contributed by atoms with E-state index in [2.05, 4.69) is 79.5 Å². The van der Waals surface area contributed by atoms with Crippen LogP contribution >= 0.6 is 0 Å². The predicted molar refractivity (Wildman–Crippen MR) is 115 cm³/mol. The van der Waals surface area contributed by atoms with E-state index in [9.17, 15) is 0 Å². The molecule has 0 bridgehead atoms. The number of pyridine rings is 1. The van der Waals surface area contributed by atoms with E-state index in [1.807, 2.05) is 24.4 Å². The van der Waals surface area contributed by atoms with Crippen LogP contribution in [0.2, 0.25) is 0 Å². The van der Waals surface area contributed by atoms with Crippen LogP contribution in [-0.4, -0.2) is 4.98 Å². The molecule has 3 aromatic carbocycles. The van der Waals surface area contributed by atoms with Gasteiger partial charge in [-0.1, -0.05) is 79.4 Å². The maximum absolute atomic E-state index is 6.21. The summed E-state index contributed by atoms with van der Waals surface area (Å²) >= 11 is 0. The van der Waals surface area contributed by atoms with Gasteiger partial charge in [0, 0.05) is 26.3 Å². The summed E-state index contributed by atoms with van der Waals surface area (Å²) in [7, 11) is 0. The topological polar surface area (TPSA) is 26.0 Å². The number of nitrogens with zero attached hydrogens (tertiary/aromatic N) is 1. The molecule has 2 aromatic heterocycles. The molecular formula is C26H20IrNO-. The standard InChI is InChI=1S/C26H20NO.Ir/c1-17(2)19-12-13-27-24(14-19)21-9-11-23-22-10-8-20(18-6-4-3-5-7-18)15-25(22)28-26(23)16-21;/h3-8,10-17H,1-2H3;/q-1;. The van der Waals surface area contributed by atoms with Crippen molar-refractivity contribution in [3.63, 3.8) is 0 Å². The molecule has 2 nitrogen and oxygen atoms in total. The Morgan fingerprint density at radius 1 is 0.828 bits per heavy atom. The van der Waals surface area contributed by atoms with Crippen molar-refractivity contribution >= 4 is 21.9 Å². The molecule has 1 radical (unpaired) electrons. The smallest absolute Gasteiger partial charge is 0.124 e. The molecule has 145 valence electrons. The van der Waals surface area contributed by atoms with Gasteiger partial charge in [0.1, 0.15) is 5.58 Å². The minimum Gasteiger partial charge on any atom is -0.476 e. The van der Waals surface area contributed by atoms with Gasteiger partial charge < -0.3 is 9.40 Å². The molecule has 0 N–H and O–H groups in total. The fraction of sp³-hybridized carbons (Fsp3) is 0.115. The van der Waals surface area contributed by atoms with Crippen LogP contribution in [0.4, 0.5) is 0 Å². The van der Waals surface area contributed by atoms with Crippen molar-refractivity contribution in [3.05, 3.63) is 90.6 Å². The third-order valence-electron chi connectivity index (χ3n) is 5.24. The van der Waals surface area contributed by atoms with Crippen molar-refractivity contribution < 1.29 is 24.5 Å². The molecule has 0 fully saturated rings. The third-order valence-corrected chi connectivity index (χ3v) is 5.24. The molecule has 0 saturated carbocycles. The van der Waals surface area contributed by atoms with Crippen LogP contribution in [0.5, 0.6) is 0 Å². The van der Waals surface area contributed by atoms with E-state index in [1.165, 1.54) is 11.1 Å². The van der Waals surface area contributed by atoms with Crippen LogP contribution in [0.15, 0.2) is 83.4 Å². The van der Waals surface area contributed by atoms with Gasteiger partial charge in [-0.05, 0) is 40.3 Å². The number of aromatic nitrogens is 1. The van der Waals surface area contributed by atoms with Gasteiger partial charge in [0.15, 0.2) is 0 Å². The maximum Gasteiger partial charge on any atom is 0.124 e. The van der Waals surface area contributed by atoms with Crippen LogP contribution in [0, 0.1) is 6.07 Å². The molecule has 2 heterocycles. The Morgan fingerprint density at radius 3 is 2.41 bits per heavy atom. The second-order valence-corrected chi connectivity index (χ2v) is 7.43. The van der Waals surface area contributed by atoms with E-state index in [1.54, 1.807) is 0 Å². The average Bonchev–Trinajstić information content (AvgIpc) is 3.11. The molecule has 0 unspecified atom stereocenters. The Kier molecular flexibility index (Phi) is 5.36. The first kappa shape index (κ1) is 19.6. The van der Waals surface area contributed by atoms with Gasteiger partial charge in [-0.15, -0.1) is 17.7 Å². The second kappa shape index (κ2) is 7.94. The molecule has 0 aliphatic carbocycles. The zero-order chi connectivity index (χ0) is 19.1.